The number of hydrogen-bond acceptors (Lipinski definition) is 6. The number of carbonyl (C=O) groups is 2. The van der Waals surface area contributed by atoms with Crippen LogP contribution in [0.1, 0.15) is 49.9 Å². The first kappa shape index (κ1) is 23.6. The number of aliphatic hydroxyl groups excluding tert-OH is 3. The van der Waals surface area contributed by atoms with E-state index in [1.54, 1.807) is 30.3 Å². The predicted octanol–water partition coefficient (Wildman–Crippen LogP) is 1.12. The molecule has 1 aliphatic rings. The molecular formula is C24H28N2O6. The number of hydrogen-bond donors (Lipinski definition) is 5. The summed E-state index contributed by atoms with van der Waals surface area (Å²) in [7, 11) is 3.05. The Morgan fingerprint density at radius 3 is 2.22 bits per heavy atom. The Morgan fingerprint density at radius 2 is 1.62 bits per heavy atom. The van der Waals surface area contributed by atoms with Gasteiger partial charge >= 0.3 is 0 Å². The van der Waals surface area contributed by atoms with Crippen molar-refractivity contribution in [3.8, 4) is 0 Å². The fraction of sp³-hybridized carbons (Fsp3) is 0.333. The number of ether oxygens (including phenoxy) is 1. The van der Waals surface area contributed by atoms with Gasteiger partial charge in [-0.25, -0.2) is 0 Å². The van der Waals surface area contributed by atoms with Gasteiger partial charge in [-0.3, -0.25) is 9.59 Å². The highest BCUT2D eigenvalue weighted by Crippen LogP contribution is 2.32. The summed E-state index contributed by atoms with van der Waals surface area (Å²) in [6, 6.07) is 12.2. The molecule has 1 fully saturated rings. The third-order valence-corrected chi connectivity index (χ3v) is 5.39. The summed E-state index contributed by atoms with van der Waals surface area (Å²) in [5, 5.41) is 35.0. The van der Waals surface area contributed by atoms with Crippen LogP contribution in [0.5, 0.6) is 0 Å². The van der Waals surface area contributed by atoms with E-state index in [-0.39, 0.29) is 24.8 Å². The van der Waals surface area contributed by atoms with Gasteiger partial charge in [0.1, 0.15) is 12.2 Å². The largest absolute Gasteiger partial charge is 0.394 e. The topological polar surface area (TPSA) is 128 Å². The number of carbonyl (C=O) groups excluding carboxylic acids is 2. The fourth-order valence-corrected chi connectivity index (χ4v) is 3.68. The highest BCUT2D eigenvalue weighted by Gasteiger charge is 2.37. The summed E-state index contributed by atoms with van der Waals surface area (Å²) in [4.78, 5) is 24.2. The SMILES string of the molecule is CNC(=O)c1cc(/C=C\c2cccc([C@H]3O[C@H](CO)C[C@H](O)[C@@H]3O)c2)cc(C(=O)NC)c1. The minimum Gasteiger partial charge on any atom is -0.394 e. The lowest BCUT2D eigenvalue weighted by molar-refractivity contribution is -0.179. The lowest BCUT2D eigenvalue weighted by Gasteiger charge is -2.36. The number of nitrogens with one attached hydrogen (secondary N) is 2. The lowest BCUT2D eigenvalue weighted by atomic mass is 9.92. The Hall–Kier alpha value is -3.04. The van der Waals surface area contributed by atoms with Crippen molar-refractivity contribution in [3.63, 3.8) is 0 Å². The first-order valence-corrected chi connectivity index (χ1v) is 10.4. The fourth-order valence-electron chi connectivity index (χ4n) is 3.68. The molecule has 2 amide bonds. The molecule has 4 atom stereocenters. The van der Waals surface area contributed by atoms with E-state index in [0.717, 1.165) is 5.56 Å². The molecule has 0 spiro atoms. The molecule has 3 rings (SSSR count). The Morgan fingerprint density at radius 1 is 1.00 bits per heavy atom. The van der Waals surface area contributed by atoms with Crippen molar-refractivity contribution < 1.29 is 29.6 Å². The minimum absolute atomic E-state index is 0.170. The van der Waals surface area contributed by atoms with E-state index in [4.69, 9.17) is 4.74 Å². The zero-order chi connectivity index (χ0) is 23.3. The monoisotopic (exact) mass is 440 g/mol. The van der Waals surface area contributed by atoms with Crippen LogP contribution in [0.25, 0.3) is 12.2 Å². The molecular weight excluding hydrogens is 412 g/mol. The molecule has 0 aromatic heterocycles. The summed E-state index contributed by atoms with van der Waals surface area (Å²) in [6.45, 7) is -0.241. The van der Waals surface area contributed by atoms with Gasteiger partial charge in [0.25, 0.3) is 11.8 Å². The Kier molecular flexibility index (Phi) is 7.76. The van der Waals surface area contributed by atoms with Crippen LogP contribution in [0, 0.1) is 0 Å². The van der Waals surface area contributed by atoms with Crippen LogP contribution in [-0.2, 0) is 4.74 Å². The minimum atomic E-state index is -1.10. The molecule has 0 unspecified atom stereocenters. The van der Waals surface area contributed by atoms with E-state index < -0.39 is 24.4 Å². The molecule has 5 N–H and O–H groups in total. The van der Waals surface area contributed by atoms with E-state index in [9.17, 15) is 24.9 Å². The van der Waals surface area contributed by atoms with Crippen molar-refractivity contribution in [1.29, 1.82) is 0 Å². The first-order valence-electron chi connectivity index (χ1n) is 10.4. The highest BCUT2D eigenvalue weighted by atomic mass is 16.5. The molecule has 2 aromatic carbocycles. The van der Waals surface area contributed by atoms with Crippen molar-refractivity contribution >= 4 is 24.0 Å². The highest BCUT2D eigenvalue weighted by molar-refractivity contribution is 6.00. The van der Waals surface area contributed by atoms with Gasteiger partial charge in [-0.2, -0.15) is 0 Å². The van der Waals surface area contributed by atoms with Crippen LogP contribution in [0.3, 0.4) is 0 Å². The first-order chi connectivity index (χ1) is 15.4. The maximum atomic E-state index is 12.1. The van der Waals surface area contributed by atoms with Gasteiger partial charge in [-0.15, -0.1) is 0 Å². The number of rotatable bonds is 6. The molecule has 8 heteroatoms. The van der Waals surface area contributed by atoms with Gasteiger partial charge in [0.05, 0.1) is 18.8 Å². The Bertz CT molecular complexity index is 971. The van der Waals surface area contributed by atoms with Crippen molar-refractivity contribution in [2.24, 2.45) is 0 Å². The van der Waals surface area contributed by atoms with Crippen molar-refractivity contribution in [2.75, 3.05) is 20.7 Å². The molecule has 0 saturated carbocycles. The average Bonchev–Trinajstić information content (AvgIpc) is 2.83. The molecule has 170 valence electrons. The van der Waals surface area contributed by atoms with Gasteiger partial charge in [0.15, 0.2) is 0 Å². The van der Waals surface area contributed by atoms with E-state index in [1.165, 1.54) is 20.2 Å². The summed E-state index contributed by atoms with van der Waals surface area (Å²) >= 11 is 0. The smallest absolute Gasteiger partial charge is 0.251 e. The van der Waals surface area contributed by atoms with Gasteiger partial charge < -0.3 is 30.7 Å². The molecule has 1 saturated heterocycles. The number of aliphatic hydroxyl groups is 3. The predicted molar refractivity (Wildman–Crippen MR) is 120 cm³/mol. The zero-order valence-corrected chi connectivity index (χ0v) is 18.0. The second kappa shape index (κ2) is 10.5. The number of benzene rings is 2. The molecule has 2 aromatic rings. The molecule has 32 heavy (non-hydrogen) atoms. The molecule has 1 heterocycles. The summed E-state index contributed by atoms with van der Waals surface area (Å²) in [5.74, 6) is -0.597. The van der Waals surface area contributed by atoms with E-state index in [1.807, 2.05) is 18.2 Å². The Labute approximate surface area is 186 Å². The molecule has 0 aliphatic carbocycles. The quantitative estimate of drug-likeness (QED) is 0.428. The van der Waals surface area contributed by atoms with Crippen LogP contribution in [0.15, 0.2) is 42.5 Å². The van der Waals surface area contributed by atoms with Gasteiger partial charge in [0, 0.05) is 31.6 Å². The van der Waals surface area contributed by atoms with Gasteiger partial charge in [0.2, 0.25) is 0 Å². The average molecular weight is 440 g/mol. The van der Waals surface area contributed by atoms with Crippen LogP contribution < -0.4 is 10.6 Å². The lowest BCUT2D eigenvalue weighted by Crippen LogP contribution is -2.44. The maximum absolute atomic E-state index is 12.1. The maximum Gasteiger partial charge on any atom is 0.251 e. The van der Waals surface area contributed by atoms with Crippen LogP contribution in [-0.4, -0.2) is 66.1 Å². The molecule has 0 radical (unpaired) electrons. The second-order valence-electron chi connectivity index (χ2n) is 7.66. The molecule has 0 bridgehead atoms. The Balaban J connectivity index is 1.89. The normalized spacial score (nSPS) is 23.2. The van der Waals surface area contributed by atoms with E-state index in [2.05, 4.69) is 10.6 Å². The summed E-state index contributed by atoms with van der Waals surface area (Å²) in [6.07, 6.45) is 0.366. The van der Waals surface area contributed by atoms with Crippen molar-refractivity contribution in [3.05, 3.63) is 70.3 Å². The van der Waals surface area contributed by atoms with Gasteiger partial charge in [-0.1, -0.05) is 30.4 Å². The van der Waals surface area contributed by atoms with Crippen LogP contribution in [0.4, 0.5) is 0 Å². The van der Waals surface area contributed by atoms with Gasteiger partial charge in [-0.05, 0) is 41.0 Å². The summed E-state index contributed by atoms with van der Waals surface area (Å²) < 4.78 is 5.76. The van der Waals surface area contributed by atoms with Crippen LogP contribution in [0.2, 0.25) is 0 Å². The van der Waals surface area contributed by atoms with E-state index in [0.29, 0.717) is 22.3 Å². The van der Waals surface area contributed by atoms with Crippen molar-refractivity contribution in [1.82, 2.24) is 10.6 Å². The third kappa shape index (κ3) is 5.41. The molecule has 8 nitrogen and oxygen atoms in total. The van der Waals surface area contributed by atoms with E-state index >= 15 is 0 Å². The van der Waals surface area contributed by atoms with Crippen molar-refractivity contribution in [2.45, 2.75) is 30.8 Å². The third-order valence-electron chi connectivity index (χ3n) is 5.39. The zero-order valence-electron chi connectivity index (χ0n) is 18.0. The second-order valence-corrected chi connectivity index (χ2v) is 7.66. The number of amides is 2. The molecule has 1 aliphatic heterocycles. The van der Waals surface area contributed by atoms with Crippen LogP contribution >= 0.6 is 0 Å². The summed E-state index contributed by atoms with van der Waals surface area (Å²) in [5.41, 5.74) is 2.86. The standard InChI is InChI=1S/C24H28N2O6/c1-25-23(30)17-9-15(10-18(11-17)24(31)26-2)7-6-14-4-3-5-16(8-14)22-21(29)20(28)12-19(13-27)32-22/h3-11,19-22,27-29H,12-13H2,1-2H3,(H,25,30)(H,26,31)/b7-6-/t19-,20-,21-,22+/m0/s1.